The zero-order valence-corrected chi connectivity index (χ0v) is 29.2. The van der Waals surface area contributed by atoms with E-state index in [0.29, 0.717) is 62.7 Å². The number of nitrogens with one attached hydrogen (secondary N) is 1. The molecule has 258 valence electrons. The highest BCUT2D eigenvalue weighted by Gasteiger charge is 2.48. The molecule has 1 saturated heterocycles. The Kier molecular flexibility index (Phi) is 10.4. The number of carbonyl (C=O) groups is 1. The summed E-state index contributed by atoms with van der Waals surface area (Å²) in [5, 5.41) is 22.6. The number of benzene rings is 2. The van der Waals surface area contributed by atoms with E-state index in [2.05, 4.69) is 14.5 Å². The van der Waals surface area contributed by atoms with E-state index in [9.17, 15) is 23.4 Å². The minimum atomic E-state index is -3.95. The van der Waals surface area contributed by atoms with E-state index in [1.54, 1.807) is 25.1 Å². The molecular formula is C36H50ClN3O6S. The Morgan fingerprint density at radius 3 is 2.57 bits per heavy atom. The molecule has 3 aliphatic heterocycles. The van der Waals surface area contributed by atoms with Crippen LogP contribution < -0.4 is 14.4 Å². The normalized spacial score (nSPS) is 32.1. The highest BCUT2D eigenvalue weighted by molar-refractivity contribution is 7.90. The smallest absolute Gasteiger partial charge is 0.264 e. The number of aryl methyl sites for hydroxylation is 1. The molecule has 3 N–H and O–H groups in total. The molecule has 2 aromatic carbocycles. The van der Waals surface area contributed by atoms with E-state index in [1.807, 2.05) is 25.1 Å². The van der Waals surface area contributed by atoms with Gasteiger partial charge >= 0.3 is 0 Å². The molecular weight excluding hydrogens is 638 g/mol. The van der Waals surface area contributed by atoms with Crippen LogP contribution in [0.25, 0.3) is 0 Å². The van der Waals surface area contributed by atoms with Gasteiger partial charge in [0.25, 0.3) is 5.91 Å². The first-order chi connectivity index (χ1) is 22.4. The number of sulfonamides is 1. The molecule has 4 aliphatic rings. The van der Waals surface area contributed by atoms with Crippen molar-refractivity contribution in [1.29, 1.82) is 0 Å². The Bertz CT molecular complexity index is 1560. The Hall–Kier alpha value is -2.37. The number of halogens is 1. The SMILES string of the molecule is CC1CCC[C@@](O)(CN2CC[C@H](O)C2)[C@@H]2CC[C@H]2CN2CCCCc3cc(Cl)ccc3COc3ccc(cc32)C(=O)NS(=O)(=O)[C@@H]1C. The summed E-state index contributed by atoms with van der Waals surface area (Å²) >= 11 is 6.35. The van der Waals surface area contributed by atoms with Crippen molar-refractivity contribution in [3.05, 3.63) is 58.1 Å². The van der Waals surface area contributed by atoms with Crippen molar-refractivity contribution in [2.75, 3.05) is 37.6 Å². The van der Waals surface area contributed by atoms with Crippen LogP contribution in [0.1, 0.15) is 86.7 Å². The number of amides is 1. The van der Waals surface area contributed by atoms with Crippen LogP contribution in [0.4, 0.5) is 5.69 Å². The standard InChI is InChI=1S/C36H50ClN3O6S/c1-24-6-5-15-36(43,23-39-17-14-31(41)21-39)32-12-9-28(32)20-40-16-4-3-7-26-18-30(37)11-8-29(26)22-46-34-13-10-27(19-33(34)40)35(42)38-47(44,45)25(24)2/h8,10-11,13,18-19,24-25,28,31-32,41,43H,3-7,9,12,14-17,20-23H2,1-2H3,(H,38,42)/t24?,25-,28+,31+,32-,36-/m1/s1. The first-order valence-corrected chi connectivity index (χ1v) is 19.3. The second kappa shape index (κ2) is 14.2. The Labute approximate surface area is 284 Å². The second-order valence-corrected chi connectivity index (χ2v) is 17.0. The Balaban J connectivity index is 1.37. The summed E-state index contributed by atoms with van der Waals surface area (Å²) in [5.41, 5.74) is 2.31. The van der Waals surface area contributed by atoms with Crippen molar-refractivity contribution in [2.24, 2.45) is 17.8 Å². The maximum Gasteiger partial charge on any atom is 0.264 e. The van der Waals surface area contributed by atoms with Crippen molar-refractivity contribution in [3.8, 4) is 5.75 Å². The number of ether oxygens (including phenoxy) is 1. The monoisotopic (exact) mass is 687 g/mol. The van der Waals surface area contributed by atoms with Crippen molar-refractivity contribution < 1.29 is 28.2 Å². The molecule has 2 bridgehead atoms. The van der Waals surface area contributed by atoms with Gasteiger partial charge in [-0.1, -0.05) is 31.0 Å². The van der Waals surface area contributed by atoms with Crippen LogP contribution in [0.5, 0.6) is 5.75 Å². The summed E-state index contributed by atoms with van der Waals surface area (Å²) in [6, 6.07) is 11.1. The summed E-state index contributed by atoms with van der Waals surface area (Å²) in [6.07, 6.45) is 6.85. The first kappa shape index (κ1) is 34.5. The van der Waals surface area contributed by atoms with Crippen LogP contribution in [0.15, 0.2) is 36.4 Å². The Morgan fingerprint density at radius 2 is 1.83 bits per heavy atom. The van der Waals surface area contributed by atoms with Crippen molar-refractivity contribution in [1.82, 2.24) is 9.62 Å². The third kappa shape index (κ3) is 7.77. The third-order valence-electron chi connectivity index (χ3n) is 11.3. The molecule has 1 saturated carbocycles. The molecule has 2 fully saturated rings. The summed E-state index contributed by atoms with van der Waals surface area (Å²) in [4.78, 5) is 18.0. The molecule has 1 aliphatic carbocycles. The number of β-amino-alcohol motifs (C(OH)–C–C–N with tert-alkyl or cyclic N) is 2. The minimum absolute atomic E-state index is 0.0741. The van der Waals surface area contributed by atoms with Gasteiger partial charge in [-0.15, -0.1) is 0 Å². The highest BCUT2D eigenvalue weighted by atomic mass is 35.5. The number of likely N-dealkylation sites (tertiary alicyclic amines) is 1. The lowest BCUT2D eigenvalue weighted by Crippen LogP contribution is -2.56. The van der Waals surface area contributed by atoms with Gasteiger partial charge in [-0.25, -0.2) is 13.1 Å². The van der Waals surface area contributed by atoms with Crippen LogP contribution in [0.2, 0.25) is 5.02 Å². The maximum atomic E-state index is 13.5. The number of aliphatic hydroxyl groups is 2. The predicted molar refractivity (Wildman–Crippen MR) is 184 cm³/mol. The fourth-order valence-electron chi connectivity index (χ4n) is 8.13. The van der Waals surface area contributed by atoms with Gasteiger partial charge in [0, 0.05) is 43.3 Å². The van der Waals surface area contributed by atoms with E-state index in [0.717, 1.165) is 56.4 Å². The number of hydrogen-bond donors (Lipinski definition) is 3. The van der Waals surface area contributed by atoms with Gasteiger partial charge in [0.2, 0.25) is 10.0 Å². The van der Waals surface area contributed by atoms with Gasteiger partial charge in [0.15, 0.2) is 0 Å². The summed E-state index contributed by atoms with van der Waals surface area (Å²) < 4.78 is 35.6. The van der Waals surface area contributed by atoms with Crippen LogP contribution in [-0.2, 0) is 23.1 Å². The number of aliphatic hydroxyl groups excluding tert-OH is 1. The quantitative estimate of drug-likeness (QED) is 0.397. The molecule has 1 unspecified atom stereocenters. The lowest BCUT2D eigenvalue weighted by Gasteiger charge is -2.50. The minimum Gasteiger partial charge on any atom is -0.487 e. The van der Waals surface area contributed by atoms with E-state index in [1.165, 1.54) is 5.56 Å². The fraction of sp³-hybridized carbons (Fsp3) is 0.639. The Morgan fingerprint density at radius 1 is 1.00 bits per heavy atom. The van der Waals surface area contributed by atoms with Crippen LogP contribution >= 0.6 is 11.6 Å². The fourth-order valence-corrected chi connectivity index (χ4v) is 9.64. The predicted octanol–water partition coefficient (Wildman–Crippen LogP) is 5.15. The molecule has 9 nitrogen and oxygen atoms in total. The van der Waals surface area contributed by atoms with Crippen LogP contribution in [-0.4, -0.2) is 79.1 Å². The van der Waals surface area contributed by atoms with Crippen molar-refractivity contribution in [3.63, 3.8) is 0 Å². The molecule has 47 heavy (non-hydrogen) atoms. The molecule has 6 rings (SSSR count). The molecule has 0 radical (unpaired) electrons. The lowest BCUT2D eigenvalue weighted by molar-refractivity contribution is -0.104. The van der Waals surface area contributed by atoms with Gasteiger partial charge in [-0.05, 0) is 118 Å². The average molecular weight is 688 g/mol. The van der Waals surface area contributed by atoms with Gasteiger partial charge in [-0.2, -0.15) is 0 Å². The van der Waals surface area contributed by atoms with Crippen molar-refractivity contribution >= 4 is 33.2 Å². The molecule has 6 atom stereocenters. The molecule has 3 heterocycles. The maximum absolute atomic E-state index is 13.5. The zero-order chi connectivity index (χ0) is 33.3. The molecule has 11 heteroatoms. The zero-order valence-electron chi connectivity index (χ0n) is 27.7. The molecule has 2 aromatic rings. The van der Waals surface area contributed by atoms with Gasteiger partial charge in [0.1, 0.15) is 12.4 Å². The number of nitrogens with zero attached hydrogens (tertiary/aromatic N) is 2. The van der Waals surface area contributed by atoms with Gasteiger partial charge < -0.3 is 19.8 Å². The number of hydrogen-bond acceptors (Lipinski definition) is 8. The first-order valence-electron chi connectivity index (χ1n) is 17.4. The average Bonchev–Trinajstić information content (AvgIpc) is 3.40. The van der Waals surface area contributed by atoms with Crippen molar-refractivity contribution in [2.45, 2.75) is 95.2 Å². The number of rotatable bonds is 2. The number of carbonyl (C=O) groups excluding carboxylic acids is 1. The molecule has 0 spiro atoms. The number of anilines is 1. The van der Waals surface area contributed by atoms with E-state index in [-0.39, 0.29) is 29.4 Å². The second-order valence-electron chi connectivity index (χ2n) is 14.6. The summed E-state index contributed by atoms with van der Waals surface area (Å²) in [7, 11) is -3.95. The van der Waals surface area contributed by atoms with Gasteiger partial charge in [-0.3, -0.25) is 9.69 Å². The highest BCUT2D eigenvalue weighted by Crippen LogP contribution is 2.46. The van der Waals surface area contributed by atoms with Crippen LogP contribution in [0, 0.1) is 17.8 Å². The molecule has 0 aromatic heterocycles. The largest absolute Gasteiger partial charge is 0.487 e. The summed E-state index contributed by atoms with van der Waals surface area (Å²) in [5.74, 6) is 0.0929. The molecule has 1 amide bonds. The third-order valence-corrected chi connectivity index (χ3v) is 13.5. The number of fused-ring (bicyclic) bond motifs is 3. The lowest BCUT2D eigenvalue weighted by atomic mass is 9.62. The van der Waals surface area contributed by atoms with Gasteiger partial charge in [0.05, 0.1) is 22.6 Å². The van der Waals surface area contributed by atoms with Crippen LogP contribution in [0.3, 0.4) is 0 Å². The summed E-state index contributed by atoms with van der Waals surface area (Å²) in [6.45, 7) is 7.16. The van der Waals surface area contributed by atoms with E-state index in [4.69, 9.17) is 16.3 Å². The van der Waals surface area contributed by atoms with E-state index < -0.39 is 26.8 Å². The topological polar surface area (TPSA) is 119 Å². The van der Waals surface area contributed by atoms with E-state index >= 15 is 0 Å².